The maximum Gasteiger partial charge on any atom is 0.259 e. The van der Waals surface area contributed by atoms with Gasteiger partial charge in [0.2, 0.25) is 0 Å². The molecule has 5 nitrogen and oxygen atoms in total. The molecule has 0 aliphatic carbocycles. The number of anilines is 1. The lowest BCUT2D eigenvalue weighted by molar-refractivity contribution is 0.100. The number of nitrogens with zero attached hydrogens (tertiary/aromatic N) is 2. The molecule has 0 radical (unpaired) electrons. The molecule has 6 heteroatoms. The van der Waals surface area contributed by atoms with E-state index in [0.717, 1.165) is 66.8 Å². The Labute approximate surface area is 153 Å². The fraction of sp³-hybridized carbons (Fsp3) is 0.579. The normalized spacial score (nSPS) is 17.2. The molecule has 25 heavy (non-hydrogen) atoms. The van der Waals surface area contributed by atoms with Gasteiger partial charge in [0.05, 0.1) is 4.88 Å². The molecule has 1 fully saturated rings. The summed E-state index contributed by atoms with van der Waals surface area (Å²) in [5.74, 6) is 0.645. The summed E-state index contributed by atoms with van der Waals surface area (Å²) in [7, 11) is 0. The van der Waals surface area contributed by atoms with Crippen LogP contribution in [0.5, 0.6) is 0 Å². The summed E-state index contributed by atoms with van der Waals surface area (Å²) in [5, 5.41) is 1.12. The quantitative estimate of drug-likeness (QED) is 0.856. The fourth-order valence-electron chi connectivity index (χ4n) is 3.53. The van der Waals surface area contributed by atoms with Crippen molar-refractivity contribution >= 4 is 33.3 Å². The first kappa shape index (κ1) is 18.1. The van der Waals surface area contributed by atoms with Crippen molar-refractivity contribution in [1.29, 1.82) is 0 Å². The molecular weight excluding hydrogens is 332 g/mol. The van der Waals surface area contributed by atoms with Gasteiger partial charge in [-0.25, -0.2) is 4.98 Å². The van der Waals surface area contributed by atoms with Crippen LogP contribution in [0.25, 0.3) is 10.2 Å². The van der Waals surface area contributed by atoms with Crippen molar-refractivity contribution in [3.8, 4) is 0 Å². The Morgan fingerprint density at radius 3 is 2.68 bits per heavy atom. The average molecular weight is 361 g/mol. The molecule has 0 atom stereocenters. The van der Waals surface area contributed by atoms with Crippen molar-refractivity contribution in [2.24, 2.45) is 11.5 Å². The summed E-state index contributed by atoms with van der Waals surface area (Å²) in [4.78, 5) is 20.5. The summed E-state index contributed by atoms with van der Waals surface area (Å²) in [6.07, 6.45) is 5.20. The minimum Gasteiger partial charge on any atom is -0.365 e. The highest BCUT2D eigenvalue weighted by molar-refractivity contribution is 7.20. The third-order valence-electron chi connectivity index (χ3n) is 5.22. The largest absolute Gasteiger partial charge is 0.365 e. The van der Waals surface area contributed by atoms with Crippen LogP contribution in [0.2, 0.25) is 0 Å². The predicted molar refractivity (Wildman–Crippen MR) is 106 cm³/mol. The lowest BCUT2D eigenvalue weighted by Crippen LogP contribution is -2.48. The van der Waals surface area contributed by atoms with Crippen LogP contribution in [0.3, 0.4) is 0 Å². The van der Waals surface area contributed by atoms with Gasteiger partial charge < -0.3 is 16.4 Å². The molecule has 2 aromatic heterocycles. The smallest absolute Gasteiger partial charge is 0.259 e. The number of primary amides is 1. The van der Waals surface area contributed by atoms with Gasteiger partial charge in [-0.2, -0.15) is 0 Å². The van der Waals surface area contributed by atoms with Gasteiger partial charge in [-0.15, -0.1) is 11.3 Å². The number of unbranched alkanes of at least 4 members (excludes halogenated alkanes) is 1. The van der Waals surface area contributed by atoms with Crippen molar-refractivity contribution in [2.75, 3.05) is 18.0 Å². The molecule has 1 aliphatic heterocycles. The molecule has 1 amide bonds. The number of thiophene rings is 1. The van der Waals surface area contributed by atoms with Crippen LogP contribution in [0.15, 0.2) is 6.07 Å². The third-order valence-corrected chi connectivity index (χ3v) is 6.42. The first-order valence-electron chi connectivity index (χ1n) is 9.09. The highest BCUT2D eigenvalue weighted by Crippen LogP contribution is 2.35. The lowest BCUT2D eigenvalue weighted by atomic mass is 9.91. The summed E-state index contributed by atoms with van der Waals surface area (Å²) in [6, 6.07) is 2.21. The summed E-state index contributed by atoms with van der Waals surface area (Å²) < 4.78 is 0. The SMILES string of the molecule is CCCCc1cc(N2CCC(C)(N)CC2)nc2sc(C(N)=O)c(C)c12. The van der Waals surface area contributed by atoms with E-state index in [-0.39, 0.29) is 11.4 Å². The molecule has 0 unspecified atom stereocenters. The number of rotatable bonds is 5. The van der Waals surface area contributed by atoms with E-state index >= 15 is 0 Å². The van der Waals surface area contributed by atoms with Gasteiger partial charge in [0.25, 0.3) is 5.91 Å². The van der Waals surface area contributed by atoms with Crippen molar-refractivity contribution in [1.82, 2.24) is 4.98 Å². The van der Waals surface area contributed by atoms with Crippen molar-refractivity contribution in [2.45, 2.75) is 58.4 Å². The molecule has 0 aromatic carbocycles. The van der Waals surface area contributed by atoms with E-state index in [1.54, 1.807) is 0 Å². The van der Waals surface area contributed by atoms with E-state index < -0.39 is 0 Å². The number of piperidine rings is 1. The van der Waals surface area contributed by atoms with Crippen LogP contribution in [-0.2, 0) is 6.42 Å². The number of nitrogens with two attached hydrogens (primary N) is 2. The Kier molecular flexibility index (Phi) is 5.02. The van der Waals surface area contributed by atoms with Gasteiger partial charge in [0, 0.05) is 24.0 Å². The van der Waals surface area contributed by atoms with E-state index in [9.17, 15) is 4.79 Å². The van der Waals surface area contributed by atoms with Gasteiger partial charge >= 0.3 is 0 Å². The molecule has 1 aliphatic rings. The highest BCUT2D eigenvalue weighted by atomic mass is 32.1. The van der Waals surface area contributed by atoms with Crippen LogP contribution in [0.1, 0.15) is 60.3 Å². The Bertz CT molecular complexity index is 786. The number of carbonyl (C=O) groups excluding carboxylic acids is 1. The third kappa shape index (κ3) is 3.65. The average Bonchev–Trinajstić information content (AvgIpc) is 2.90. The van der Waals surface area contributed by atoms with E-state index in [1.165, 1.54) is 16.9 Å². The van der Waals surface area contributed by atoms with Crippen molar-refractivity contribution in [3.05, 3.63) is 22.1 Å². The summed E-state index contributed by atoms with van der Waals surface area (Å²) >= 11 is 1.42. The number of aryl methyl sites for hydroxylation is 2. The van der Waals surface area contributed by atoms with E-state index in [1.807, 2.05) is 6.92 Å². The van der Waals surface area contributed by atoms with Crippen molar-refractivity contribution in [3.63, 3.8) is 0 Å². The molecule has 0 spiro atoms. The van der Waals surface area contributed by atoms with E-state index in [2.05, 4.69) is 24.8 Å². The Balaban J connectivity index is 2.04. The number of pyridine rings is 1. The van der Waals surface area contributed by atoms with Crippen LogP contribution < -0.4 is 16.4 Å². The van der Waals surface area contributed by atoms with Crippen LogP contribution in [0.4, 0.5) is 5.82 Å². The second-order valence-electron chi connectivity index (χ2n) is 7.48. The Morgan fingerprint density at radius 1 is 1.40 bits per heavy atom. The topological polar surface area (TPSA) is 85.2 Å². The zero-order chi connectivity index (χ0) is 18.2. The summed E-state index contributed by atoms with van der Waals surface area (Å²) in [6.45, 7) is 8.14. The number of fused-ring (bicyclic) bond motifs is 1. The molecule has 2 aromatic rings. The first-order valence-corrected chi connectivity index (χ1v) is 9.90. The lowest BCUT2D eigenvalue weighted by Gasteiger charge is -2.37. The molecule has 0 bridgehead atoms. The molecule has 1 saturated heterocycles. The van der Waals surface area contributed by atoms with Gasteiger partial charge in [-0.05, 0) is 56.7 Å². The van der Waals surface area contributed by atoms with Crippen LogP contribution in [0, 0.1) is 6.92 Å². The maximum atomic E-state index is 11.8. The zero-order valence-electron chi connectivity index (χ0n) is 15.4. The van der Waals surface area contributed by atoms with E-state index in [4.69, 9.17) is 16.5 Å². The molecule has 136 valence electrons. The molecular formula is C19H28N4OS. The van der Waals surface area contributed by atoms with Gasteiger partial charge in [0.15, 0.2) is 0 Å². The zero-order valence-corrected chi connectivity index (χ0v) is 16.2. The van der Waals surface area contributed by atoms with Gasteiger partial charge in [0.1, 0.15) is 10.6 Å². The van der Waals surface area contributed by atoms with Crippen molar-refractivity contribution < 1.29 is 4.79 Å². The predicted octanol–water partition coefficient (Wildman–Crippen LogP) is 3.36. The second-order valence-corrected chi connectivity index (χ2v) is 8.48. The van der Waals surface area contributed by atoms with Gasteiger partial charge in [-0.1, -0.05) is 13.3 Å². The number of aromatic nitrogens is 1. The molecule has 3 heterocycles. The second kappa shape index (κ2) is 6.92. The summed E-state index contributed by atoms with van der Waals surface area (Å²) in [5.41, 5.74) is 14.0. The Morgan fingerprint density at radius 2 is 2.08 bits per heavy atom. The van der Waals surface area contributed by atoms with Gasteiger partial charge in [-0.3, -0.25) is 4.79 Å². The fourth-order valence-corrected chi connectivity index (χ4v) is 4.60. The first-order chi connectivity index (χ1) is 11.8. The van der Waals surface area contributed by atoms with Crippen LogP contribution in [-0.4, -0.2) is 29.5 Å². The standard InChI is InChI=1S/C19H28N4OS/c1-4-5-6-13-11-14(23-9-7-19(3,21)8-10-23)22-18-15(13)12(2)16(25-18)17(20)24/h11H,4-10,21H2,1-3H3,(H2,20,24). The molecule has 4 N–H and O–H groups in total. The maximum absolute atomic E-state index is 11.8. The number of carbonyl (C=O) groups is 1. The molecule has 3 rings (SSSR count). The highest BCUT2D eigenvalue weighted by Gasteiger charge is 2.27. The van der Waals surface area contributed by atoms with Crippen LogP contribution >= 0.6 is 11.3 Å². The Hall–Kier alpha value is -1.66. The monoisotopic (exact) mass is 360 g/mol. The number of amides is 1. The molecule has 0 saturated carbocycles. The number of hydrogen-bond acceptors (Lipinski definition) is 5. The minimum atomic E-state index is -0.361. The minimum absolute atomic E-state index is 0.0791. The number of hydrogen-bond donors (Lipinski definition) is 2. The van der Waals surface area contributed by atoms with E-state index in [0.29, 0.717) is 4.88 Å².